The molecule has 4 nitrogen and oxygen atoms in total. The van der Waals surface area contributed by atoms with Crippen LogP contribution in [0.3, 0.4) is 0 Å². The Labute approximate surface area is 114 Å². The molecule has 0 aromatic heterocycles. The van der Waals surface area contributed by atoms with Crippen LogP contribution >= 0.6 is 0 Å². The van der Waals surface area contributed by atoms with Gasteiger partial charge < -0.3 is 10.6 Å². The van der Waals surface area contributed by atoms with Crippen molar-refractivity contribution in [1.29, 1.82) is 5.26 Å². The number of nitriles is 1. The minimum Gasteiger partial charge on any atom is -0.340 e. The molecule has 0 saturated heterocycles. The topological polar surface area (TPSA) is 70.1 Å². The van der Waals surface area contributed by atoms with E-state index in [0.29, 0.717) is 12.1 Å². The Kier molecular flexibility index (Phi) is 5.53. The Hall–Kier alpha value is -1.86. The van der Waals surface area contributed by atoms with Gasteiger partial charge in [0.25, 0.3) is 0 Å². The summed E-state index contributed by atoms with van der Waals surface area (Å²) in [5.74, 6) is 0.108. The summed E-state index contributed by atoms with van der Waals surface area (Å²) in [5, 5.41) is 8.85. The first-order valence-corrected chi connectivity index (χ1v) is 6.49. The van der Waals surface area contributed by atoms with Gasteiger partial charge >= 0.3 is 0 Å². The third-order valence-electron chi connectivity index (χ3n) is 3.39. The van der Waals surface area contributed by atoms with Crippen molar-refractivity contribution in [3.8, 4) is 6.07 Å². The summed E-state index contributed by atoms with van der Waals surface area (Å²) in [7, 11) is 1.74. The second-order valence-electron chi connectivity index (χ2n) is 4.92. The predicted octanol–water partition coefficient (Wildman–Crippen LogP) is 1.89. The summed E-state index contributed by atoms with van der Waals surface area (Å²) >= 11 is 0. The van der Waals surface area contributed by atoms with Crippen LogP contribution in [0.4, 0.5) is 0 Å². The first kappa shape index (κ1) is 15.2. The summed E-state index contributed by atoms with van der Waals surface area (Å²) in [5.41, 5.74) is 7.48. The van der Waals surface area contributed by atoms with Gasteiger partial charge in [-0.3, -0.25) is 4.79 Å². The molecule has 19 heavy (non-hydrogen) atoms. The van der Waals surface area contributed by atoms with Gasteiger partial charge in [-0.1, -0.05) is 32.4 Å². The van der Waals surface area contributed by atoms with Gasteiger partial charge in [-0.15, -0.1) is 0 Å². The highest BCUT2D eigenvalue weighted by molar-refractivity contribution is 5.81. The molecule has 2 atom stereocenters. The highest BCUT2D eigenvalue weighted by atomic mass is 16.2. The van der Waals surface area contributed by atoms with Crippen LogP contribution in [0.5, 0.6) is 0 Å². The van der Waals surface area contributed by atoms with Gasteiger partial charge in [0.15, 0.2) is 0 Å². The molecule has 0 aliphatic carbocycles. The molecule has 0 radical (unpaired) electrons. The quantitative estimate of drug-likeness (QED) is 0.877. The summed E-state index contributed by atoms with van der Waals surface area (Å²) in [6.45, 7) is 4.47. The van der Waals surface area contributed by atoms with Crippen LogP contribution in [0, 0.1) is 17.2 Å². The second-order valence-corrected chi connectivity index (χ2v) is 4.92. The number of hydrogen-bond acceptors (Lipinski definition) is 3. The van der Waals surface area contributed by atoms with Crippen LogP contribution in [-0.2, 0) is 11.3 Å². The molecule has 2 N–H and O–H groups in total. The van der Waals surface area contributed by atoms with E-state index in [1.165, 1.54) is 0 Å². The third-order valence-corrected chi connectivity index (χ3v) is 3.39. The van der Waals surface area contributed by atoms with E-state index in [9.17, 15) is 4.79 Å². The van der Waals surface area contributed by atoms with Crippen LogP contribution in [-0.4, -0.2) is 23.9 Å². The van der Waals surface area contributed by atoms with Gasteiger partial charge in [0.2, 0.25) is 5.91 Å². The van der Waals surface area contributed by atoms with E-state index in [4.69, 9.17) is 11.0 Å². The van der Waals surface area contributed by atoms with E-state index in [1.54, 1.807) is 24.1 Å². The normalized spacial score (nSPS) is 13.4. The van der Waals surface area contributed by atoms with Crippen molar-refractivity contribution in [1.82, 2.24) is 4.90 Å². The summed E-state index contributed by atoms with van der Waals surface area (Å²) in [6.07, 6.45) is 0.880. The fourth-order valence-corrected chi connectivity index (χ4v) is 1.84. The number of nitrogens with two attached hydrogens (primary N) is 1. The second kappa shape index (κ2) is 6.91. The predicted molar refractivity (Wildman–Crippen MR) is 75.1 cm³/mol. The maximum Gasteiger partial charge on any atom is 0.239 e. The number of carbonyl (C=O) groups is 1. The first-order valence-electron chi connectivity index (χ1n) is 6.49. The summed E-state index contributed by atoms with van der Waals surface area (Å²) in [4.78, 5) is 13.8. The molecular weight excluding hydrogens is 238 g/mol. The lowest BCUT2D eigenvalue weighted by atomic mass is 9.99. The Bertz CT molecular complexity index is 479. The average Bonchev–Trinajstić information content (AvgIpc) is 2.44. The van der Waals surface area contributed by atoms with Gasteiger partial charge in [-0.2, -0.15) is 5.26 Å². The van der Waals surface area contributed by atoms with E-state index < -0.39 is 6.04 Å². The van der Waals surface area contributed by atoms with E-state index in [0.717, 1.165) is 12.0 Å². The standard InChI is InChI=1S/C15H21N3O/c1-4-11(2)14(17)15(19)18(3)10-13-7-5-6-12(8-13)9-16/h5-8,11,14H,4,10,17H2,1-3H3/t11-,14-/m0/s1. The fourth-order valence-electron chi connectivity index (χ4n) is 1.84. The lowest BCUT2D eigenvalue weighted by Crippen LogP contribution is -2.45. The van der Waals surface area contributed by atoms with Gasteiger partial charge in [-0.25, -0.2) is 0 Å². The average molecular weight is 259 g/mol. The molecule has 0 aliphatic rings. The Morgan fingerprint density at radius 1 is 1.53 bits per heavy atom. The molecule has 1 rings (SSSR count). The van der Waals surface area contributed by atoms with Crippen molar-refractivity contribution in [2.75, 3.05) is 7.05 Å². The molecule has 0 spiro atoms. The molecule has 1 amide bonds. The third kappa shape index (κ3) is 4.08. The molecule has 0 fully saturated rings. The fraction of sp³-hybridized carbons (Fsp3) is 0.467. The Morgan fingerprint density at radius 2 is 2.21 bits per heavy atom. The van der Waals surface area contributed by atoms with Crippen molar-refractivity contribution in [3.63, 3.8) is 0 Å². The van der Waals surface area contributed by atoms with Gasteiger partial charge in [0.1, 0.15) is 0 Å². The molecule has 0 bridgehead atoms. The molecule has 0 unspecified atom stereocenters. The van der Waals surface area contributed by atoms with Crippen molar-refractivity contribution in [2.24, 2.45) is 11.7 Å². The lowest BCUT2D eigenvalue weighted by molar-refractivity contribution is -0.132. The summed E-state index contributed by atoms with van der Waals surface area (Å²) in [6, 6.07) is 8.89. The van der Waals surface area contributed by atoms with Crippen molar-refractivity contribution in [2.45, 2.75) is 32.9 Å². The maximum atomic E-state index is 12.1. The van der Waals surface area contributed by atoms with Crippen molar-refractivity contribution >= 4 is 5.91 Å². The molecule has 4 heteroatoms. The van der Waals surface area contributed by atoms with Crippen molar-refractivity contribution < 1.29 is 4.79 Å². The molecule has 0 aliphatic heterocycles. The number of amides is 1. The maximum absolute atomic E-state index is 12.1. The Balaban J connectivity index is 2.71. The zero-order valence-corrected chi connectivity index (χ0v) is 11.8. The minimum atomic E-state index is -0.464. The minimum absolute atomic E-state index is 0.0586. The van der Waals surface area contributed by atoms with Crippen LogP contribution < -0.4 is 5.73 Å². The largest absolute Gasteiger partial charge is 0.340 e. The van der Waals surface area contributed by atoms with E-state index >= 15 is 0 Å². The van der Waals surface area contributed by atoms with Gasteiger partial charge in [0, 0.05) is 13.6 Å². The monoisotopic (exact) mass is 259 g/mol. The molecule has 0 saturated carbocycles. The molecule has 0 heterocycles. The zero-order chi connectivity index (χ0) is 14.4. The number of likely N-dealkylation sites (N-methyl/N-ethyl adjacent to an activating group) is 1. The molecule has 1 aromatic rings. The van der Waals surface area contributed by atoms with Gasteiger partial charge in [0.05, 0.1) is 17.7 Å². The highest BCUT2D eigenvalue weighted by Crippen LogP contribution is 2.11. The number of benzene rings is 1. The van der Waals surface area contributed by atoms with Crippen LogP contribution in [0.15, 0.2) is 24.3 Å². The summed E-state index contributed by atoms with van der Waals surface area (Å²) < 4.78 is 0. The Morgan fingerprint density at radius 3 is 2.79 bits per heavy atom. The lowest BCUT2D eigenvalue weighted by Gasteiger charge is -2.24. The van der Waals surface area contributed by atoms with Crippen molar-refractivity contribution in [3.05, 3.63) is 35.4 Å². The number of nitrogens with zero attached hydrogens (tertiary/aromatic N) is 2. The van der Waals surface area contributed by atoms with Gasteiger partial charge in [-0.05, 0) is 23.6 Å². The highest BCUT2D eigenvalue weighted by Gasteiger charge is 2.22. The van der Waals surface area contributed by atoms with Crippen LogP contribution in [0.2, 0.25) is 0 Å². The van der Waals surface area contributed by atoms with E-state index in [2.05, 4.69) is 6.07 Å². The SMILES string of the molecule is CC[C@H](C)[C@H](N)C(=O)N(C)Cc1cccc(C#N)c1. The van der Waals surface area contributed by atoms with Crippen LogP contribution in [0.1, 0.15) is 31.4 Å². The molecule has 1 aromatic carbocycles. The smallest absolute Gasteiger partial charge is 0.239 e. The van der Waals surface area contributed by atoms with E-state index in [1.807, 2.05) is 26.0 Å². The van der Waals surface area contributed by atoms with E-state index in [-0.39, 0.29) is 11.8 Å². The first-order chi connectivity index (χ1) is 8.99. The molecule has 102 valence electrons. The number of carbonyl (C=O) groups excluding carboxylic acids is 1. The number of rotatable bonds is 5. The zero-order valence-electron chi connectivity index (χ0n) is 11.8. The molecular formula is C15H21N3O. The number of hydrogen-bond donors (Lipinski definition) is 1. The van der Waals surface area contributed by atoms with Crippen LogP contribution in [0.25, 0.3) is 0 Å².